The van der Waals surface area contributed by atoms with Gasteiger partial charge in [0.2, 0.25) is 0 Å². The number of hydrogen-bond acceptors (Lipinski definition) is 4. The Bertz CT molecular complexity index is 293. The van der Waals surface area contributed by atoms with Gasteiger partial charge in [0.15, 0.2) is 0 Å². The van der Waals surface area contributed by atoms with E-state index in [0.717, 1.165) is 31.2 Å². The Morgan fingerprint density at radius 2 is 2.05 bits per heavy atom. The van der Waals surface area contributed by atoms with Crippen LogP contribution in [0.15, 0.2) is 0 Å². The minimum Gasteiger partial charge on any atom is -0.450 e. The van der Waals surface area contributed by atoms with Crippen LogP contribution in [0.1, 0.15) is 39.0 Å². The van der Waals surface area contributed by atoms with Crippen LogP contribution in [0.4, 0.5) is 4.79 Å². The maximum Gasteiger partial charge on any atom is 0.409 e. The summed E-state index contributed by atoms with van der Waals surface area (Å²) in [6.45, 7) is 3.98. The smallest absolute Gasteiger partial charge is 0.409 e. The summed E-state index contributed by atoms with van der Waals surface area (Å²) in [5.74, 6) is 0. The van der Waals surface area contributed by atoms with E-state index in [4.69, 9.17) is 4.74 Å². The van der Waals surface area contributed by atoms with Gasteiger partial charge in [-0.05, 0) is 38.9 Å². The molecule has 0 aromatic carbocycles. The second-order valence-electron chi connectivity index (χ2n) is 5.44. The molecule has 1 saturated heterocycles. The third kappa shape index (κ3) is 4.02. The number of likely N-dealkylation sites (tertiary alicyclic amines) is 1. The van der Waals surface area contributed by atoms with Gasteiger partial charge in [-0.25, -0.2) is 4.79 Å². The number of amides is 1. The monoisotopic (exact) mass is 286 g/mol. The van der Waals surface area contributed by atoms with Gasteiger partial charge >= 0.3 is 6.09 Å². The van der Waals surface area contributed by atoms with Crippen LogP contribution in [0, 0.1) is 0 Å². The van der Waals surface area contributed by atoms with Crippen molar-refractivity contribution in [2.75, 3.05) is 26.0 Å². The molecule has 1 aliphatic heterocycles. The maximum absolute atomic E-state index is 11.6. The lowest BCUT2D eigenvalue weighted by atomic mass is 10.0. The van der Waals surface area contributed by atoms with Gasteiger partial charge < -0.3 is 15.0 Å². The van der Waals surface area contributed by atoms with E-state index in [1.807, 2.05) is 23.6 Å². The minimum atomic E-state index is -0.149. The molecule has 1 heterocycles. The van der Waals surface area contributed by atoms with Gasteiger partial charge in [-0.3, -0.25) is 0 Å². The molecule has 0 aromatic rings. The zero-order valence-electron chi connectivity index (χ0n) is 12.1. The second kappa shape index (κ2) is 7.39. The van der Waals surface area contributed by atoms with Crippen molar-refractivity contribution in [3.63, 3.8) is 0 Å². The molecule has 110 valence electrons. The number of thioether (sulfide) groups is 1. The molecule has 0 bridgehead atoms. The summed E-state index contributed by atoms with van der Waals surface area (Å²) < 4.78 is 5.05. The topological polar surface area (TPSA) is 41.6 Å². The van der Waals surface area contributed by atoms with E-state index in [1.54, 1.807) is 0 Å². The first kappa shape index (κ1) is 15.0. The molecule has 1 saturated carbocycles. The largest absolute Gasteiger partial charge is 0.450 e. The summed E-state index contributed by atoms with van der Waals surface area (Å²) in [4.78, 5) is 13.5. The van der Waals surface area contributed by atoms with Crippen molar-refractivity contribution in [2.24, 2.45) is 0 Å². The number of carbonyl (C=O) groups is 1. The van der Waals surface area contributed by atoms with E-state index >= 15 is 0 Å². The van der Waals surface area contributed by atoms with Gasteiger partial charge in [0.25, 0.3) is 0 Å². The van der Waals surface area contributed by atoms with Crippen LogP contribution in [-0.4, -0.2) is 54.3 Å². The van der Waals surface area contributed by atoms with Crippen LogP contribution >= 0.6 is 11.8 Å². The predicted octanol–water partition coefficient (Wildman–Crippen LogP) is 2.48. The fraction of sp³-hybridized carbons (Fsp3) is 0.929. The lowest BCUT2D eigenvalue weighted by molar-refractivity contribution is 0.0943. The molecule has 2 unspecified atom stereocenters. The Kier molecular flexibility index (Phi) is 5.82. The first-order chi connectivity index (χ1) is 9.24. The average Bonchev–Trinajstić information content (AvgIpc) is 2.87. The first-order valence-electron chi connectivity index (χ1n) is 7.45. The van der Waals surface area contributed by atoms with Crippen LogP contribution in [-0.2, 0) is 4.74 Å². The number of piperidine rings is 1. The van der Waals surface area contributed by atoms with Crippen LogP contribution in [0.25, 0.3) is 0 Å². The summed E-state index contributed by atoms with van der Waals surface area (Å²) in [7, 11) is 0. The van der Waals surface area contributed by atoms with E-state index in [9.17, 15) is 4.79 Å². The molecule has 0 spiro atoms. The first-order valence-corrected chi connectivity index (χ1v) is 8.74. The van der Waals surface area contributed by atoms with Gasteiger partial charge in [0.1, 0.15) is 0 Å². The molecule has 1 amide bonds. The Morgan fingerprint density at radius 3 is 2.68 bits per heavy atom. The third-order valence-electron chi connectivity index (χ3n) is 4.23. The van der Waals surface area contributed by atoms with Crippen molar-refractivity contribution in [3.8, 4) is 0 Å². The van der Waals surface area contributed by atoms with E-state index in [2.05, 4.69) is 11.6 Å². The van der Waals surface area contributed by atoms with Gasteiger partial charge in [0, 0.05) is 30.4 Å². The zero-order chi connectivity index (χ0) is 13.7. The highest BCUT2D eigenvalue weighted by Crippen LogP contribution is 2.29. The van der Waals surface area contributed by atoms with Crippen molar-refractivity contribution >= 4 is 17.9 Å². The SMILES string of the molecule is CCOC(=O)N1CCC(NC2CCCC2SC)CC1. The molecule has 19 heavy (non-hydrogen) atoms. The fourth-order valence-corrected chi connectivity index (χ4v) is 4.09. The summed E-state index contributed by atoms with van der Waals surface area (Å²) in [5, 5.41) is 4.59. The normalized spacial score (nSPS) is 28.6. The maximum atomic E-state index is 11.6. The zero-order valence-corrected chi connectivity index (χ0v) is 12.9. The van der Waals surface area contributed by atoms with Gasteiger partial charge in [-0.2, -0.15) is 11.8 Å². The highest BCUT2D eigenvalue weighted by Gasteiger charge is 2.30. The molecule has 0 aromatic heterocycles. The van der Waals surface area contributed by atoms with Crippen LogP contribution in [0.3, 0.4) is 0 Å². The average molecular weight is 286 g/mol. The lowest BCUT2D eigenvalue weighted by Crippen LogP contribution is -2.49. The molecule has 2 rings (SSSR count). The molecule has 2 aliphatic rings. The van der Waals surface area contributed by atoms with Crippen molar-refractivity contribution in [1.29, 1.82) is 0 Å². The van der Waals surface area contributed by atoms with Crippen molar-refractivity contribution < 1.29 is 9.53 Å². The quantitative estimate of drug-likeness (QED) is 0.862. The van der Waals surface area contributed by atoms with E-state index < -0.39 is 0 Å². The van der Waals surface area contributed by atoms with Crippen LogP contribution in [0.2, 0.25) is 0 Å². The molecule has 2 atom stereocenters. The van der Waals surface area contributed by atoms with Crippen molar-refractivity contribution in [2.45, 2.75) is 56.4 Å². The van der Waals surface area contributed by atoms with E-state index in [0.29, 0.717) is 18.7 Å². The summed E-state index contributed by atoms with van der Waals surface area (Å²) >= 11 is 1.99. The molecule has 0 radical (unpaired) electrons. The molecular formula is C14H26N2O2S. The number of carbonyl (C=O) groups excluding carboxylic acids is 1. The summed E-state index contributed by atoms with van der Waals surface area (Å²) in [5.41, 5.74) is 0. The summed E-state index contributed by atoms with van der Waals surface area (Å²) in [6, 6.07) is 1.25. The van der Waals surface area contributed by atoms with Crippen molar-refractivity contribution in [1.82, 2.24) is 10.2 Å². The molecule has 1 aliphatic carbocycles. The van der Waals surface area contributed by atoms with Gasteiger partial charge in [0.05, 0.1) is 6.61 Å². The Morgan fingerprint density at radius 1 is 1.32 bits per heavy atom. The molecular weight excluding hydrogens is 260 g/mol. The van der Waals surface area contributed by atoms with Gasteiger partial charge in [-0.15, -0.1) is 0 Å². The lowest BCUT2D eigenvalue weighted by Gasteiger charge is -2.34. The fourth-order valence-electron chi connectivity index (χ4n) is 3.15. The van der Waals surface area contributed by atoms with Crippen molar-refractivity contribution in [3.05, 3.63) is 0 Å². The number of ether oxygens (including phenoxy) is 1. The second-order valence-corrected chi connectivity index (χ2v) is 6.52. The van der Waals surface area contributed by atoms with Crippen LogP contribution in [0.5, 0.6) is 0 Å². The predicted molar refractivity (Wildman–Crippen MR) is 79.7 cm³/mol. The Labute approximate surface area is 120 Å². The number of nitrogens with zero attached hydrogens (tertiary/aromatic N) is 1. The number of rotatable bonds is 4. The van der Waals surface area contributed by atoms with Gasteiger partial charge in [-0.1, -0.05) is 6.42 Å². The summed E-state index contributed by atoms with van der Waals surface area (Å²) in [6.07, 6.45) is 8.18. The molecule has 5 heteroatoms. The van der Waals surface area contributed by atoms with E-state index in [1.165, 1.54) is 19.3 Å². The molecule has 4 nitrogen and oxygen atoms in total. The third-order valence-corrected chi connectivity index (χ3v) is 5.40. The minimum absolute atomic E-state index is 0.149. The Hall–Kier alpha value is -0.420. The van der Waals surface area contributed by atoms with Crippen LogP contribution < -0.4 is 5.32 Å². The highest BCUT2D eigenvalue weighted by atomic mass is 32.2. The molecule has 1 N–H and O–H groups in total. The number of hydrogen-bond donors (Lipinski definition) is 1. The number of nitrogens with one attached hydrogen (secondary N) is 1. The molecule has 2 fully saturated rings. The Balaban J connectivity index is 1.73. The van der Waals surface area contributed by atoms with E-state index in [-0.39, 0.29) is 6.09 Å². The standard InChI is InChI=1S/C14H26N2O2S/c1-3-18-14(17)16-9-7-11(8-10-16)15-12-5-4-6-13(12)19-2/h11-13,15H,3-10H2,1-2H3. The highest BCUT2D eigenvalue weighted by molar-refractivity contribution is 7.99.